The Morgan fingerprint density at radius 1 is 1.08 bits per heavy atom. The van der Waals surface area contributed by atoms with Gasteiger partial charge < -0.3 is 9.73 Å². The molecule has 136 valence electrons. The monoisotopic (exact) mass is 372 g/mol. The molecular weight excluding hydrogens is 352 g/mol. The fraction of sp³-hybridized carbons (Fsp3) is 0.211. The summed E-state index contributed by atoms with van der Waals surface area (Å²) in [5, 5.41) is 3.79. The van der Waals surface area contributed by atoms with Crippen LogP contribution in [0.2, 0.25) is 0 Å². The Morgan fingerprint density at radius 3 is 2.50 bits per heavy atom. The van der Waals surface area contributed by atoms with Crippen LogP contribution in [0.15, 0.2) is 70.0 Å². The standard InChI is InChI=1S/C19H20N2O4S/c1-14(18-13-15-7-5-6-10-17(15)25-18)21-19(22)11-12-20-26(23,24)16-8-3-2-4-9-16/h2-10,13-14,20H,11-12H2,1H3,(H,21,22)/t14-/m0/s1. The molecule has 0 fully saturated rings. The third kappa shape index (κ3) is 4.30. The predicted molar refractivity (Wildman–Crippen MR) is 99.0 cm³/mol. The molecule has 6 nitrogen and oxygen atoms in total. The number of amides is 1. The van der Waals surface area contributed by atoms with Crippen molar-refractivity contribution in [2.24, 2.45) is 0 Å². The molecule has 0 bridgehead atoms. The lowest BCUT2D eigenvalue weighted by Crippen LogP contribution is -2.32. The van der Waals surface area contributed by atoms with Crippen molar-refractivity contribution < 1.29 is 17.6 Å². The van der Waals surface area contributed by atoms with Crippen molar-refractivity contribution in [1.82, 2.24) is 10.0 Å². The molecule has 0 saturated carbocycles. The molecule has 0 radical (unpaired) electrons. The van der Waals surface area contributed by atoms with Gasteiger partial charge in [-0.3, -0.25) is 4.79 Å². The lowest BCUT2D eigenvalue weighted by atomic mass is 10.2. The Kier molecular flexibility index (Phi) is 5.39. The molecule has 0 saturated heterocycles. The maximum atomic E-state index is 12.1. The molecule has 2 N–H and O–H groups in total. The molecule has 3 rings (SSSR count). The number of benzene rings is 2. The number of sulfonamides is 1. The highest BCUT2D eigenvalue weighted by atomic mass is 32.2. The van der Waals surface area contributed by atoms with E-state index >= 15 is 0 Å². The van der Waals surface area contributed by atoms with Gasteiger partial charge in [0.25, 0.3) is 0 Å². The van der Waals surface area contributed by atoms with Crippen LogP contribution in [-0.4, -0.2) is 20.9 Å². The smallest absolute Gasteiger partial charge is 0.240 e. The number of fused-ring (bicyclic) bond motifs is 1. The molecule has 1 heterocycles. The van der Waals surface area contributed by atoms with Crippen LogP contribution in [0.5, 0.6) is 0 Å². The van der Waals surface area contributed by atoms with Crippen molar-refractivity contribution in [3.05, 3.63) is 66.4 Å². The van der Waals surface area contributed by atoms with E-state index in [4.69, 9.17) is 4.42 Å². The SMILES string of the molecule is C[C@H](NC(=O)CCNS(=O)(=O)c1ccccc1)c1cc2ccccc2o1. The van der Waals surface area contributed by atoms with Crippen molar-refractivity contribution in [2.75, 3.05) is 6.54 Å². The molecule has 0 spiro atoms. The Balaban J connectivity index is 1.52. The fourth-order valence-electron chi connectivity index (χ4n) is 2.58. The second kappa shape index (κ2) is 7.72. The summed E-state index contributed by atoms with van der Waals surface area (Å²) in [6, 6.07) is 17.2. The van der Waals surface area contributed by atoms with Gasteiger partial charge in [-0.15, -0.1) is 0 Å². The van der Waals surface area contributed by atoms with E-state index < -0.39 is 10.0 Å². The second-order valence-corrected chi connectivity index (χ2v) is 7.70. The van der Waals surface area contributed by atoms with Crippen LogP contribution in [0, 0.1) is 0 Å². The van der Waals surface area contributed by atoms with E-state index in [1.54, 1.807) is 18.2 Å². The molecule has 7 heteroatoms. The molecule has 1 atom stereocenters. The van der Waals surface area contributed by atoms with E-state index in [0.717, 1.165) is 11.0 Å². The van der Waals surface area contributed by atoms with Crippen LogP contribution in [0.1, 0.15) is 25.1 Å². The third-order valence-corrected chi connectivity index (χ3v) is 5.42. The van der Waals surface area contributed by atoms with Gasteiger partial charge in [0.05, 0.1) is 10.9 Å². The van der Waals surface area contributed by atoms with E-state index in [9.17, 15) is 13.2 Å². The van der Waals surface area contributed by atoms with Gasteiger partial charge in [-0.2, -0.15) is 0 Å². The van der Waals surface area contributed by atoms with E-state index in [0.29, 0.717) is 5.76 Å². The summed E-state index contributed by atoms with van der Waals surface area (Å²) in [7, 11) is -3.60. The first kappa shape index (κ1) is 18.2. The lowest BCUT2D eigenvalue weighted by Gasteiger charge is -2.12. The van der Waals surface area contributed by atoms with Crippen LogP contribution >= 0.6 is 0 Å². The summed E-state index contributed by atoms with van der Waals surface area (Å²) >= 11 is 0. The van der Waals surface area contributed by atoms with Crippen LogP contribution in [0.25, 0.3) is 11.0 Å². The first-order chi connectivity index (χ1) is 12.5. The number of rotatable bonds is 7. The van der Waals surface area contributed by atoms with Crippen LogP contribution < -0.4 is 10.0 Å². The molecule has 2 aromatic carbocycles. The maximum absolute atomic E-state index is 12.1. The van der Waals surface area contributed by atoms with E-state index in [2.05, 4.69) is 10.0 Å². The van der Waals surface area contributed by atoms with Crippen molar-refractivity contribution in [2.45, 2.75) is 24.3 Å². The van der Waals surface area contributed by atoms with Gasteiger partial charge in [0, 0.05) is 18.4 Å². The van der Waals surface area contributed by atoms with Gasteiger partial charge in [-0.25, -0.2) is 13.1 Å². The third-order valence-electron chi connectivity index (χ3n) is 3.95. The van der Waals surface area contributed by atoms with E-state index in [-0.39, 0.29) is 29.8 Å². The molecule has 0 aliphatic carbocycles. The predicted octanol–water partition coefficient (Wildman–Crippen LogP) is 2.98. The quantitative estimate of drug-likeness (QED) is 0.667. The molecule has 0 unspecified atom stereocenters. The number of nitrogens with one attached hydrogen (secondary N) is 2. The van der Waals surface area contributed by atoms with Gasteiger partial charge >= 0.3 is 0 Å². The highest BCUT2D eigenvalue weighted by molar-refractivity contribution is 7.89. The molecule has 26 heavy (non-hydrogen) atoms. The van der Waals surface area contributed by atoms with Crippen LogP contribution in [0.4, 0.5) is 0 Å². The van der Waals surface area contributed by atoms with Gasteiger partial charge in [0.15, 0.2) is 0 Å². The Morgan fingerprint density at radius 2 is 1.77 bits per heavy atom. The minimum atomic E-state index is -3.60. The Labute approximate surface area is 152 Å². The number of carbonyl (C=O) groups excluding carboxylic acids is 1. The maximum Gasteiger partial charge on any atom is 0.240 e. The first-order valence-corrected chi connectivity index (χ1v) is 9.76. The zero-order valence-corrected chi connectivity index (χ0v) is 15.1. The molecule has 0 aliphatic heterocycles. The summed E-state index contributed by atoms with van der Waals surface area (Å²) < 4.78 is 32.3. The van der Waals surface area contributed by atoms with Crippen molar-refractivity contribution in [3.63, 3.8) is 0 Å². The lowest BCUT2D eigenvalue weighted by molar-refractivity contribution is -0.121. The number of hydrogen-bond acceptors (Lipinski definition) is 4. The van der Waals surface area contributed by atoms with Gasteiger partial charge in [0.1, 0.15) is 11.3 Å². The van der Waals surface area contributed by atoms with E-state index in [1.165, 1.54) is 12.1 Å². The van der Waals surface area contributed by atoms with Gasteiger partial charge in [-0.1, -0.05) is 36.4 Å². The highest BCUT2D eigenvalue weighted by Gasteiger charge is 2.16. The van der Waals surface area contributed by atoms with Crippen LogP contribution in [-0.2, 0) is 14.8 Å². The average Bonchev–Trinajstić information content (AvgIpc) is 3.06. The zero-order valence-electron chi connectivity index (χ0n) is 14.3. The summed E-state index contributed by atoms with van der Waals surface area (Å²) in [4.78, 5) is 12.3. The molecule has 1 aromatic heterocycles. The summed E-state index contributed by atoms with van der Waals surface area (Å²) in [6.07, 6.45) is 0.0383. The van der Waals surface area contributed by atoms with Gasteiger partial charge in [-0.05, 0) is 31.2 Å². The Hall–Kier alpha value is -2.64. The average molecular weight is 372 g/mol. The van der Waals surface area contributed by atoms with Crippen molar-refractivity contribution in [3.8, 4) is 0 Å². The highest BCUT2D eigenvalue weighted by Crippen LogP contribution is 2.23. The molecule has 1 amide bonds. The number of carbonyl (C=O) groups is 1. The normalized spacial score (nSPS) is 12.8. The van der Waals surface area contributed by atoms with Crippen molar-refractivity contribution in [1.29, 1.82) is 0 Å². The van der Waals surface area contributed by atoms with Crippen LogP contribution in [0.3, 0.4) is 0 Å². The molecular formula is C19H20N2O4S. The topological polar surface area (TPSA) is 88.4 Å². The second-order valence-electron chi connectivity index (χ2n) is 5.94. The fourth-order valence-corrected chi connectivity index (χ4v) is 3.64. The summed E-state index contributed by atoms with van der Waals surface area (Å²) in [6.45, 7) is 1.85. The first-order valence-electron chi connectivity index (χ1n) is 8.28. The zero-order chi connectivity index (χ0) is 18.6. The van der Waals surface area contributed by atoms with Crippen molar-refractivity contribution >= 4 is 26.9 Å². The summed E-state index contributed by atoms with van der Waals surface area (Å²) in [5.74, 6) is 0.401. The number of furan rings is 1. The minimum Gasteiger partial charge on any atom is -0.459 e. The Bertz CT molecular complexity index is 964. The molecule has 3 aromatic rings. The van der Waals surface area contributed by atoms with Gasteiger partial charge in [0.2, 0.25) is 15.9 Å². The summed E-state index contributed by atoms with van der Waals surface area (Å²) in [5.41, 5.74) is 0.763. The largest absolute Gasteiger partial charge is 0.459 e. The molecule has 0 aliphatic rings. The number of hydrogen-bond donors (Lipinski definition) is 2. The number of para-hydroxylation sites is 1. The van der Waals surface area contributed by atoms with E-state index in [1.807, 2.05) is 37.3 Å². The minimum absolute atomic E-state index is 0.0237.